The number of hydrogen-bond donors (Lipinski definition) is 2. The Bertz CT molecular complexity index is 492. The Morgan fingerprint density at radius 2 is 1.96 bits per heavy atom. The van der Waals surface area contributed by atoms with Crippen molar-refractivity contribution in [2.24, 2.45) is 4.99 Å². The highest BCUT2D eigenvalue weighted by Gasteiger charge is 2.10. The number of nitrogens with zero attached hydrogens (tertiary/aromatic N) is 3. The summed E-state index contributed by atoms with van der Waals surface area (Å²) >= 11 is 1.80. The molecule has 0 bridgehead atoms. The Morgan fingerprint density at radius 3 is 2.60 bits per heavy atom. The Morgan fingerprint density at radius 1 is 1.20 bits per heavy atom. The maximum atomic E-state index is 4.69. The molecule has 1 fully saturated rings. The largest absolute Gasteiger partial charge is 0.357 e. The summed E-state index contributed by atoms with van der Waals surface area (Å²) < 4.78 is 0. The van der Waals surface area contributed by atoms with E-state index in [0.717, 1.165) is 44.1 Å². The van der Waals surface area contributed by atoms with Crippen LogP contribution < -0.4 is 10.6 Å². The van der Waals surface area contributed by atoms with Gasteiger partial charge in [-0.1, -0.05) is 0 Å². The molecule has 1 aliphatic rings. The highest BCUT2D eigenvalue weighted by atomic mass is 127. The fraction of sp³-hybridized carbons (Fsp3) is 0.778. The number of guanidine groups is 1. The summed E-state index contributed by atoms with van der Waals surface area (Å²) in [5.74, 6) is 0.934. The van der Waals surface area contributed by atoms with E-state index < -0.39 is 0 Å². The molecule has 7 heteroatoms. The molecule has 2 heterocycles. The molecule has 0 amide bonds. The molecule has 0 spiro atoms. The molecule has 1 aromatic rings. The van der Waals surface area contributed by atoms with Gasteiger partial charge in [-0.2, -0.15) is 0 Å². The third-order valence-electron chi connectivity index (χ3n) is 4.40. The maximum Gasteiger partial charge on any atom is 0.191 e. The van der Waals surface area contributed by atoms with Crippen LogP contribution in [0.2, 0.25) is 0 Å². The van der Waals surface area contributed by atoms with E-state index in [-0.39, 0.29) is 24.0 Å². The Labute approximate surface area is 174 Å². The van der Waals surface area contributed by atoms with Crippen LogP contribution in [0.15, 0.2) is 4.99 Å². The predicted molar refractivity (Wildman–Crippen MR) is 120 cm³/mol. The van der Waals surface area contributed by atoms with E-state index in [1.54, 1.807) is 11.3 Å². The smallest absolute Gasteiger partial charge is 0.191 e. The molecule has 1 aliphatic heterocycles. The molecule has 0 unspecified atom stereocenters. The van der Waals surface area contributed by atoms with Gasteiger partial charge in [-0.3, -0.25) is 4.99 Å². The van der Waals surface area contributed by atoms with E-state index in [2.05, 4.69) is 41.3 Å². The van der Waals surface area contributed by atoms with E-state index >= 15 is 0 Å². The minimum absolute atomic E-state index is 0. The Hall–Kier alpha value is -0.410. The molecule has 0 radical (unpaired) electrons. The first-order valence-electron chi connectivity index (χ1n) is 9.36. The van der Waals surface area contributed by atoms with Gasteiger partial charge < -0.3 is 15.5 Å². The third kappa shape index (κ3) is 8.68. The van der Waals surface area contributed by atoms with Crippen molar-refractivity contribution < 1.29 is 0 Å². The minimum Gasteiger partial charge on any atom is -0.357 e. The average Bonchev–Trinajstić information content (AvgIpc) is 3.17. The first-order valence-corrected chi connectivity index (χ1v) is 10.2. The predicted octanol–water partition coefficient (Wildman–Crippen LogP) is 3.35. The summed E-state index contributed by atoms with van der Waals surface area (Å²) in [7, 11) is 0. The zero-order valence-electron chi connectivity index (χ0n) is 15.9. The summed E-state index contributed by atoms with van der Waals surface area (Å²) in [4.78, 5) is 13.2. The number of unbranched alkanes of at least 4 members (excludes halogenated alkanes) is 1. The molecule has 0 saturated carbocycles. The minimum atomic E-state index is 0. The van der Waals surface area contributed by atoms with Gasteiger partial charge in [0.1, 0.15) is 0 Å². The Balaban J connectivity index is 0.00000312. The topological polar surface area (TPSA) is 52.6 Å². The zero-order valence-corrected chi connectivity index (χ0v) is 19.1. The van der Waals surface area contributed by atoms with Gasteiger partial charge in [0.15, 0.2) is 5.96 Å². The SMILES string of the molecule is CCNC(=NCCCCN1CCCC1)NCCc1nc(C)c(C)s1.I. The van der Waals surface area contributed by atoms with E-state index in [0.29, 0.717) is 0 Å². The highest BCUT2D eigenvalue weighted by molar-refractivity contribution is 14.0. The monoisotopic (exact) mass is 479 g/mol. The lowest BCUT2D eigenvalue weighted by Crippen LogP contribution is -2.38. The fourth-order valence-electron chi connectivity index (χ4n) is 2.92. The number of thiazole rings is 1. The number of nitrogens with one attached hydrogen (secondary N) is 2. The number of rotatable bonds is 9. The zero-order chi connectivity index (χ0) is 17.2. The summed E-state index contributed by atoms with van der Waals surface area (Å²) in [5.41, 5.74) is 1.16. The Kier molecular flexibility index (Phi) is 11.6. The lowest BCUT2D eigenvalue weighted by Gasteiger charge is -2.14. The molecular formula is C18H34IN5S. The number of likely N-dealkylation sites (tertiary alicyclic amines) is 1. The fourth-order valence-corrected chi connectivity index (χ4v) is 3.85. The number of aliphatic imine (C=N–C) groups is 1. The van der Waals surface area contributed by atoms with Crippen molar-refractivity contribution in [3.8, 4) is 0 Å². The van der Waals surface area contributed by atoms with Crippen LogP contribution in [0.5, 0.6) is 0 Å². The van der Waals surface area contributed by atoms with E-state index in [1.807, 2.05) is 0 Å². The molecular weight excluding hydrogens is 445 g/mol. The van der Waals surface area contributed by atoms with Gasteiger partial charge in [0.05, 0.1) is 10.7 Å². The average molecular weight is 479 g/mol. The number of halogens is 1. The van der Waals surface area contributed by atoms with Crippen molar-refractivity contribution in [1.82, 2.24) is 20.5 Å². The van der Waals surface area contributed by atoms with Crippen LogP contribution in [0, 0.1) is 13.8 Å². The molecule has 0 aliphatic carbocycles. The van der Waals surface area contributed by atoms with Crippen molar-refractivity contribution >= 4 is 41.3 Å². The molecule has 5 nitrogen and oxygen atoms in total. The first kappa shape index (κ1) is 22.6. The van der Waals surface area contributed by atoms with Crippen LogP contribution in [-0.2, 0) is 6.42 Å². The molecule has 0 atom stereocenters. The molecule has 0 aromatic carbocycles. The van der Waals surface area contributed by atoms with Crippen molar-refractivity contribution in [3.63, 3.8) is 0 Å². The summed E-state index contributed by atoms with van der Waals surface area (Å²) in [6, 6.07) is 0. The van der Waals surface area contributed by atoms with Crippen LogP contribution >= 0.6 is 35.3 Å². The summed E-state index contributed by atoms with van der Waals surface area (Å²) in [5, 5.41) is 7.96. The second-order valence-electron chi connectivity index (χ2n) is 6.44. The van der Waals surface area contributed by atoms with Gasteiger partial charge in [0, 0.05) is 30.9 Å². The first-order chi connectivity index (χ1) is 11.7. The lowest BCUT2D eigenvalue weighted by atomic mass is 10.3. The summed E-state index contributed by atoms with van der Waals surface area (Å²) in [6.07, 6.45) is 6.13. The van der Waals surface area contributed by atoms with Crippen molar-refractivity contribution in [1.29, 1.82) is 0 Å². The molecule has 2 rings (SSSR count). The molecule has 1 aromatic heterocycles. The van der Waals surface area contributed by atoms with Crippen LogP contribution in [0.1, 0.15) is 48.2 Å². The van der Waals surface area contributed by atoms with Crippen LogP contribution in [0.25, 0.3) is 0 Å². The van der Waals surface area contributed by atoms with Gasteiger partial charge >= 0.3 is 0 Å². The molecule has 144 valence electrons. The number of aromatic nitrogens is 1. The van der Waals surface area contributed by atoms with Gasteiger partial charge in [0.2, 0.25) is 0 Å². The van der Waals surface area contributed by atoms with Crippen LogP contribution in [-0.4, -0.2) is 55.1 Å². The molecule has 2 N–H and O–H groups in total. The van der Waals surface area contributed by atoms with Gasteiger partial charge in [-0.25, -0.2) is 4.98 Å². The van der Waals surface area contributed by atoms with Crippen molar-refractivity contribution in [2.45, 2.75) is 52.9 Å². The van der Waals surface area contributed by atoms with E-state index in [9.17, 15) is 0 Å². The standard InChI is InChI=1S/C18H33N5S.HI/c1-4-19-18(20-10-5-6-12-23-13-7-8-14-23)21-11-9-17-22-15(2)16(3)24-17;/h4-14H2,1-3H3,(H2,19,20,21);1H. The van der Waals surface area contributed by atoms with Crippen molar-refractivity contribution in [2.75, 3.05) is 39.3 Å². The quantitative estimate of drug-likeness (QED) is 0.247. The van der Waals surface area contributed by atoms with Crippen LogP contribution in [0.4, 0.5) is 0 Å². The van der Waals surface area contributed by atoms with Gasteiger partial charge in [-0.15, -0.1) is 35.3 Å². The molecule has 1 saturated heterocycles. The number of aryl methyl sites for hydroxylation is 2. The second kappa shape index (κ2) is 12.9. The van der Waals surface area contributed by atoms with Crippen LogP contribution in [0.3, 0.4) is 0 Å². The van der Waals surface area contributed by atoms with E-state index in [4.69, 9.17) is 4.99 Å². The number of hydrogen-bond acceptors (Lipinski definition) is 4. The normalized spacial score (nSPS) is 15.2. The van der Waals surface area contributed by atoms with Gasteiger partial charge in [-0.05, 0) is 66.1 Å². The maximum absolute atomic E-state index is 4.69. The summed E-state index contributed by atoms with van der Waals surface area (Å²) in [6.45, 7) is 12.8. The highest BCUT2D eigenvalue weighted by Crippen LogP contribution is 2.16. The van der Waals surface area contributed by atoms with Crippen molar-refractivity contribution in [3.05, 3.63) is 15.6 Å². The third-order valence-corrected chi connectivity index (χ3v) is 5.53. The lowest BCUT2D eigenvalue weighted by molar-refractivity contribution is 0.331. The van der Waals surface area contributed by atoms with E-state index in [1.165, 1.54) is 48.8 Å². The van der Waals surface area contributed by atoms with Gasteiger partial charge in [0.25, 0.3) is 0 Å². The second-order valence-corrected chi connectivity index (χ2v) is 7.73. The molecule has 25 heavy (non-hydrogen) atoms.